The van der Waals surface area contributed by atoms with Gasteiger partial charge in [-0.1, -0.05) is 6.07 Å². The maximum absolute atomic E-state index is 9.25. The lowest BCUT2D eigenvalue weighted by atomic mass is 10.0. The van der Waals surface area contributed by atoms with Crippen molar-refractivity contribution in [3.05, 3.63) is 29.3 Å². The third-order valence-electron chi connectivity index (χ3n) is 3.12. The zero-order valence-corrected chi connectivity index (χ0v) is 12.3. The second kappa shape index (κ2) is 8.15. The number of ether oxygens (including phenoxy) is 2. The predicted molar refractivity (Wildman–Crippen MR) is 76.4 cm³/mol. The topological polar surface area (TPSA) is 50.7 Å². The van der Waals surface area contributed by atoms with E-state index in [1.807, 2.05) is 6.07 Å². The van der Waals surface area contributed by atoms with Gasteiger partial charge in [0.25, 0.3) is 0 Å². The van der Waals surface area contributed by atoms with E-state index in [1.165, 1.54) is 5.56 Å². The first-order valence-corrected chi connectivity index (χ1v) is 6.65. The second-order valence-electron chi connectivity index (χ2n) is 4.82. The standard InChI is InChI=1S/C15H25NO3/c1-11(17)7-8-16-12(2)13-5-6-15(19-4)14(9-13)10-18-3/h5-6,9,11-12,16-17H,7-8,10H2,1-4H3. The Morgan fingerprint density at radius 2 is 2.00 bits per heavy atom. The Bertz CT molecular complexity index is 380. The smallest absolute Gasteiger partial charge is 0.124 e. The molecule has 1 aromatic rings. The molecule has 2 atom stereocenters. The Kier molecular flexibility index (Phi) is 6.84. The number of nitrogens with one attached hydrogen (secondary N) is 1. The number of aliphatic hydroxyl groups is 1. The van der Waals surface area contributed by atoms with Crippen LogP contribution in [0, 0.1) is 0 Å². The first kappa shape index (κ1) is 16.0. The summed E-state index contributed by atoms with van der Waals surface area (Å²) in [4.78, 5) is 0. The van der Waals surface area contributed by atoms with Gasteiger partial charge in [0, 0.05) is 18.7 Å². The third-order valence-corrected chi connectivity index (χ3v) is 3.12. The van der Waals surface area contributed by atoms with Gasteiger partial charge in [0.2, 0.25) is 0 Å². The Hall–Kier alpha value is -1.10. The number of hydrogen-bond acceptors (Lipinski definition) is 4. The van der Waals surface area contributed by atoms with Crippen LogP contribution in [-0.2, 0) is 11.3 Å². The van der Waals surface area contributed by atoms with Gasteiger partial charge in [0.15, 0.2) is 0 Å². The summed E-state index contributed by atoms with van der Waals surface area (Å²) in [5.74, 6) is 0.849. The molecule has 0 aliphatic rings. The Balaban J connectivity index is 2.68. The summed E-state index contributed by atoms with van der Waals surface area (Å²) in [5, 5.41) is 12.6. The van der Waals surface area contributed by atoms with Gasteiger partial charge in [-0.2, -0.15) is 0 Å². The number of aliphatic hydroxyl groups excluding tert-OH is 1. The predicted octanol–water partition coefficient (Wildman–Crippen LogP) is 2.26. The van der Waals surface area contributed by atoms with Gasteiger partial charge in [0.1, 0.15) is 5.75 Å². The molecule has 0 radical (unpaired) electrons. The number of hydrogen-bond donors (Lipinski definition) is 2. The third kappa shape index (κ3) is 5.19. The van der Waals surface area contributed by atoms with E-state index in [4.69, 9.17) is 9.47 Å². The highest BCUT2D eigenvalue weighted by atomic mass is 16.5. The lowest BCUT2D eigenvalue weighted by Crippen LogP contribution is -2.22. The van der Waals surface area contributed by atoms with Crippen LogP contribution in [0.25, 0.3) is 0 Å². The van der Waals surface area contributed by atoms with Gasteiger partial charge in [0.05, 0.1) is 19.8 Å². The summed E-state index contributed by atoms with van der Waals surface area (Å²) in [6.07, 6.45) is 0.491. The Labute approximate surface area is 115 Å². The molecule has 0 amide bonds. The molecule has 108 valence electrons. The van der Waals surface area contributed by atoms with Crippen molar-refractivity contribution in [1.82, 2.24) is 5.32 Å². The quantitative estimate of drug-likeness (QED) is 0.758. The highest BCUT2D eigenvalue weighted by Crippen LogP contribution is 2.24. The van der Waals surface area contributed by atoms with Gasteiger partial charge in [-0.05, 0) is 44.5 Å². The normalized spacial score (nSPS) is 14.2. The van der Waals surface area contributed by atoms with Crippen LogP contribution >= 0.6 is 0 Å². The van der Waals surface area contributed by atoms with E-state index in [9.17, 15) is 5.11 Å². The molecular weight excluding hydrogens is 242 g/mol. The molecule has 0 aromatic heterocycles. The fourth-order valence-corrected chi connectivity index (χ4v) is 1.96. The summed E-state index contributed by atoms with van der Waals surface area (Å²) in [6, 6.07) is 6.36. The minimum absolute atomic E-state index is 0.236. The Morgan fingerprint density at radius 3 is 2.58 bits per heavy atom. The summed E-state index contributed by atoms with van der Waals surface area (Å²) >= 11 is 0. The van der Waals surface area contributed by atoms with E-state index in [0.29, 0.717) is 6.61 Å². The number of rotatable bonds is 8. The highest BCUT2D eigenvalue weighted by Gasteiger charge is 2.09. The van der Waals surface area contributed by atoms with Gasteiger partial charge in [-0.25, -0.2) is 0 Å². The molecule has 0 aliphatic carbocycles. The van der Waals surface area contributed by atoms with Crippen molar-refractivity contribution in [2.45, 2.75) is 39.0 Å². The monoisotopic (exact) mass is 267 g/mol. The van der Waals surface area contributed by atoms with Crippen LogP contribution in [0.5, 0.6) is 5.75 Å². The van der Waals surface area contributed by atoms with Crippen LogP contribution in [0.1, 0.15) is 37.4 Å². The molecule has 1 rings (SSSR count). The molecule has 0 saturated heterocycles. The molecule has 0 spiro atoms. The summed E-state index contributed by atoms with van der Waals surface area (Å²) < 4.78 is 10.5. The average molecular weight is 267 g/mol. The summed E-state index contributed by atoms with van der Waals surface area (Å²) in [5.41, 5.74) is 2.24. The largest absolute Gasteiger partial charge is 0.496 e. The Morgan fingerprint density at radius 1 is 1.26 bits per heavy atom. The molecule has 2 N–H and O–H groups in total. The molecule has 4 nitrogen and oxygen atoms in total. The SMILES string of the molecule is COCc1cc(C(C)NCCC(C)O)ccc1OC. The van der Waals surface area contributed by atoms with Crippen molar-refractivity contribution in [1.29, 1.82) is 0 Å². The van der Waals surface area contributed by atoms with Crippen molar-refractivity contribution < 1.29 is 14.6 Å². The maximum atomic E-state index is 9.25. The van der Waals surface area contributed by atoms with Crippen molar-refractivity contribution in [2.24, 2.45) is 0 Å². The molecule has 19 heavy (non-hydrogen) atoms. The minimum atomic E-state index is -0.264. The molecule has 0 fully saturated rings. The highest BCUT2D eigenvalue weighted by molar-refractivity contribution is 5.38. The molecular formula is C15H25NO3. The van der Waals surface area contributed by atoms with E-state index in [1.54, 1.807) is 21.1 Å². The average Bonchev–Trinajstić information content (AvgIpc) is 2.38. The maximum Gasteiger partial charge on any atom is 0.124 e. The van der Waals surface area contributed by atoms with Gasteiger partial charge < -0.3 is 19.9 Å². The van der Waals surface area contributed by atoms with Crippen molar-refractivity contribution in [3.8, 4) is 5.75 Å². The zero-order valence-electron chi connectivity index (χ0n) is 12.3. The summed E-state index contributed by atoms with van der Waals surface area (Å²) in [6.45, 7) is 5.25. The molecule has 2 unspecified atom stereocenters. The van der Waals surface area contributed by atoms with Gasteiger partial charge >= 0.3 is 0 Å². The fraction of sp³-hybridized carbons (Fsp3) is 0.600. The molecule has 0 bridgehead atoms. The van der Waals surface area contributed by atoms with Crippen molar-refractivity contribution >= 4 is 0 Å². The van der Waals surface area contributed by atoms with Crippen LogP contribution in [0.4, 0.5) is 0 Å². The lowest BCUT2D eigenvalue weighted by Gasteiger charge is -2.17. The van der Waals surface area contributed by atoms with Crippen LogP contribution in [-0.4, -0.2) is 32.0 Å². The van der Waals surface area contributed by atoms with Crippen molar-refractivity contribution in [3.63, 3.8) is 0 Å². The molecule has 0 saturated carbocycles. The second-order valence-corrected chi connectivity index (χ2v) is 4.82. The molecule has 4 heteroatoms. The van der Waals surface area contributed by atoms with Gasteiger partial charge in [-0.3, -0.25) is 0 Å². The summed E-state index contributed by atoms with van der Waals surface area (Å²) in [7, 11) is 3.34. The van der Waals surface area contributed by atoms with E-state index in [-0.39, 0.29) is 12.1 Å². The number of benzene rings is 1. The van der Waals surface area contributed by atoms with E-state index in [0.717, 1.165) is 24.3 Å². The first-order chi connectivity index (χ1) is 9.08. The van der Waals surface area contributed by atoms with Crippen LogP contribution in [0.15, 0.2) is 18.2 Å². The molecule has 0 aliphatic heterocycles. The van der Waals surface area contributed by atoms with E-state index < -0.39 is 0 Å². The number of methoxy groups -OCH3 is 2. The van der Waals surface area contributed by atoms with Crippen LogP contribution < -0.4 is 10.1 Å². The van der Waals surface area contributed by atoms with E-state index in [2.05, 4.69) is 24.4 Å². The van der Waals surface area contributed by atoms with Crippen LogP contribution in [0.3, 0.4) is 0 Å². The lowest BCUT2D eigenvalue weighted by molar-refractivity contribution is 0.181. The minimum Gasteiger partial charge on any atom is -0.496 e. The van der Waals surface area contributed by atoms with Crippen LogP contribution in [0.2, 0.25) is 0 Å². The fourth-order valence-electron chi connectivity index (χ4n) is 1.96. The van der Waals surface area contributed by atoms with E-state index >= 15 is 0 Å². The molecule has 0 heterocycles. The van der Waals surface area contributed by atoms with Crippen molar-refractivity contribution in [2.75, 3.05) is 20.8 Å². The molecule has 1 aromatic carbocycles. The van der Waals surface area contributed by atoms with Gasteiger partial charge in [-0.15, -0.1) is 0 Å². The first-order valence-electron chi connectivity index (χ1n) is 6.65. The zero-order chi connectivity index (χ0) is 14.3.